The third-order valence-electron chi connectivity index (χ3n) is 5.58. The number of nitrogens with zero attached hydrogens (tertiary/aromatic N) is 4. The number of rotatable bonds is 4. The molecule has 1 aromatic carbocycles. The van der Waals surface area contributed by atoms with E-state index in [1.54, 1.807) is 24.3 Å². The lowest BCUT2D eigenvalue weighted by atomic mass is 10.0. The first-order valence-electron chi connectivity index (χ1n) is 10.1. The standard InChI is InChI=1S/C21H20ClN5O3S3/c1-4-13-17(11-5-6-15-14(7-11)24-10-31-15)30-19(25-13)16-8-12(22)18(32-16)21(2)9-33(28,29)27(3)20(23)26-21/h5-8,10H,4,9H2,1-3H3,(H2,23,26). The van der Waals surface area contributed by atoms with E-state index in [0.717, 1.165) is 25.8 Å². The number of aromatic nitrogens is 2. The summed E-state index contributed by atoms with van der Waals surface area (Å²) >= 11 is 9.46. The van der Waals surface area contributed by atoms with E-state index in [1.807, 2.05) is 30.6 Å². The van der Waals surface area contributed by atoms with Gasteiger partial charge >= 0.3 is 0 Å². The number of sulfonamides is 1. The first-order valence-corrected chi connectivity index (χ1v) is 13.7. The van der Waals surface area contributed by atoms with Crippen molar-refractivity contribution < 1.29 is 12.8 Å². The average molecular weight is 522 g/mol. The van der Waals surface area contributed by atoms with Gasteiger partial charge in [0.25, 0.3) is 0 Å². The number of hydrogen-bond acceptors (Lipinski definition) is 9. The zero-order chi connectivity index (χ0) is 23.5. The molecule has 0 saturated heterocycles. The number of aryl methyl sites for hydroxylation is 1. The molecule has 0 radical (unpaired) electrons. The Morgan fingerprint density at radius 2 is 2.12 bits per heavy atom. The molecule has 0 amide bonds. The second-order valence-corrected chi connectivity index (χ2v) is 12.3. The molecular formula is C21H20ClN5O3S3. The summed E-state index contributed by atoms with van der Waals surface area (Å²) < 4.78 is 33.5. The summed E-state index contributed by atoms with van der Waals surface area (Å²) in [7, 11) is -2.23. The number of benzene rings is 1. The third kappa shape index (κ3) is 3.72. The summed E-state index contributed by atoms with van der Waals surface area (Å²) in [5.41, 5.74) is 9.24. The molecule has 4 heterocycles. The molecule has 0 saturated carbocycles. The molecule has 4 aromatic rings. The molecule has 1 aliphatic rings. The molecule has 33 heavy (non-hydrogen) atoms. The zero-order valence-electron chi connectivity index (χ0n) is 18.0. The van der Waals surface area contributed by atoms with Crippen LogP contribution in [-0.4, -0.2) is 41.5 Å². The molecule has 1 aliphatic heterocycles. The Kier molecular flexibility index (Phi) is 5.27. The smallest absolute Gasteiger partial charge is 0.239 e. The van der Waals surface area contributed by atoms with Crippen LogP contribution in [0.4, 0.5) is 0 Å². The Balaban J connectivity index is 1.57. The highest BCUT2D eigenvalue weighted by molar-refractivity contribution is 7.89. The van der Waals surface area contributed by atoms with Crippen LogP contribution in [0, 0.1) is 0 Å². The predicted molar refractivity (Wildman–Crippen MR) is 133 cm³/mol. The molecule has 1 unspecified atom stereocenters. The van der Waals surface area contributed by atoms with Crippen LogP contribution in [0.2, 0.25) is 5.02 Å². The molecule has 8 nitrogen and oxygen atoms in total. The van der Waals surface area contributed by atoms with E-state index in [2.05, 4.69) is 9.98 Å². The van der Waals surface area contributed by atoms with E-state index in [9.17, 15) is 8.42 Å². The number of guanidine groups is 1. The van der Waals surface area contributed by atoms with Gasteiger partial charge in [-0.3, -0.25) is 0 Å². The molecule has 2 N–H and O–H groups in total. The van der Waals surface area contributed by atoms with Crippen molar-refractivity contribution in [3.05, 3.63) is 45.4 Å². The number of nitrogens with two attached hydrogens (primary N) is 1. The Hall–Kier alpha value is -2.47. The summed E-state index contributed by atoms with van der Waals surface area (Å²) in [5.74, 6) is 0.805. The zero-order valence-corrected chi connectivity index (χ0v) is 21.2. The maximum Gasteiger partial charge on any atom is 0.239 e. The highest BCUT2D eigenvalue weighted by Crippen LogP contribution is 2.45. The minimum absolute atomic E-state index is 0.0705. The van der Waals surface area contributed by atoms with Crippen molar-refractivity contribution in [1.82, 2.24) is 14.3 Å². The Labute approximate surface area is 203 Å². The molecule has 12 heteroatoms. The van der Waals surface area contributed by atoms with Crippen LogP contribution in [-0.2, 0) is 22.0 Å². The van der Waals surface area contributed by atoms with Crippen molar-refractivity contribution in [3.63, 3.8) is 0 Å². The van der Waals surface area contributed by atoms with E-state index in [0.29, 0.717) is 32.8 Å². The van der Waals surface area contributed by atoms with Gasteiger partial charge in [0.2, 0.25) is 21.9 Å². The molecule has 3 aromatic heterocycles. The summed E-state index contributed by atoms with van der Waals surface area (Å²) in [6.07, 6.45) is 0.684. The highest BCUT2D eigenvalue weighted by atomic mass is 35.5. The topological polar surface area (TPSA) is 115 Å². The number of fused-ring (bicyclic) bond motifs is 1. The monoisotopic (exact) mass is 521 g/mol. The summed E-state index contributed by atoms with van der Waals surface area (Å²) in [4.78, 5) is 14.8. The van der Waals surface area contributed by atoms with Gasteiger partial charge in [0, 0.05) is 12.6 Å². The maximum atomic E-state index is 12.6. The number of aliphatic imine (C=N–C) groups is 1. The minimum atomic E-state index is -3.61. The predicted octanol–water partition coefficient (Wildman–Crippen LogP) is 4.70. The lowest BCUT2D eigenvalue weighted by molar-refractivity contribution is 0.482. The maximum absolute atomic E-state index is 12.6. The van der Waals surface area contributed by atoms with E-state index < -0.39 is 15.6 Å². The lowest BCUT2D eigenvalue weighted by Gasteiger charge is -2.33. The number of oxazole rings is 1. The fourth-order valence-corrected chi connectivity index (χ4v) is 7.58. The Morgan fingerprint density at radius 3 is 2.85 bits per heavy atom. The van der Waals surface area contributed by atoms with Gasteiger partial charge in [-0.25, -0.2) is 27.7 Å². The molecule has 1 atom stereocenters. The van der Waals surface area contributed by atoms with Crippen LogP contribution in [0.25, 0.3) is 32.3 Å². The van der Waals surface area contributed by atoms with Crippen LogP contribution in [0.1, 0.15) is 24.4 Å². The van der Waals surface area contributed by atoms with Crippen molar-refractivity contribution in [2.75, 3.05) is 12.8 Å². The minimum Gasteiger partial charge on any atom is -0.435 e. The van der Waals surface area contributed by atoms with Crippen LogP contribution in [0.5, 0.6) is 0 Å². The van der Waals surface area contributed by atoms with Crippen molar-refractivity contribution in [1.29, 1.82) is 0 Å². The molecule has 0 fully saturated rings. The first kappa shape index (κ1) is 22.3. The summed E-state index contributed by atoms with van der Waals surface area (Å²) in [6, 6.07) is 7.75. The van der Waals surface area contributed by atoms with Crippen molar-refractivity contribution in [3.8, 4) is 22.1 Å². The number of thiazole rings is 1. The third-order valence-corrected chi connectivity index (χ3v) is 10.1. The van der Waals surface area contributed by atoms with Crippen molar-refractivity contribution in [2.24, 2.45) is 10.7 Å². The second-order valence-electron chi connectivity index (χ2n) is 7.94. The van der Waals surface area contributed by atoms with Crippen LogP contribution in [0.15, 0.2) is 39.2 Å². The molecule has 172 valence electrons. The van der Waals surface area contributed by atoms with Gasteiger partial charge in [-0.2, -0.15) is 0 Å². The largest absolute Gasteiger partial charge is 0.435 e. The van der Waals surface area contributed by atoms with Crippen molar-refractivity contribution >= 4 is 60.5 Å². The van der Waals surface area contributed by atoms with Gasteiger partial charge in [-0.15, -0.1) is 22.7 Å². The van der Waals surface area contributed by atoms with E-state index in [4.69, 9.17) is 26.7 Å². The molecule has 0 bridgehead atoms. The average Bonchev–Trinajstić information content (AvgIpc) is 3.48. The van der Waals surface area contributed by atoms with Gasteiger partial charge in [0.1, 0.15) is 5.54 Å². The Morgan fingerprint density at radius 1 is 1.33 bits per heavy atom. The molecule has 0 aliphatic carbocycles. The van der Waals surface area contributed by atoms with Gasteiger partial charge < -0.3 is 10.2 Å². The normalized spacial score (nSPS) is 20.4. The Bertz CT molecular complexity index is 1520. The second kappa shape index (κ2) is 7.79. The van der Waals surface area contributed by atoms with Gasteiger partial charge in [0.05, 0.1) is 42.0 Å². The lowest BCUT2D eigenvalue weighted by Crippen LogP contribution is -2.50. The fraction of sp³-hybridized carbons (Fsp3) is 0.286. The molecule has 0 spiro atoms. The van der Waals surface area contributed by atoms with Gasteiger partial charge in [-0.05, 0) is 37.6 Å². The van der Waals surface area contributed by atoms with Crippen molar-refractivity contribution in [2.45, 2.75) is 25.8 Å². The van der Waals surface area contributed by atoms with E-state index in [1.165, 1.54) is 18.4 Å². The van der Waals surface area contributed by atoms with Gasteiger partial charge in [0.15, 0.2) is 5.76 Å². The van der Waals surface area contributed by atoms with Crippen LogP contribution < -0.4 is 5.73 Å². The fourth-order valence-electron chi connectivity index (χ4n) is 3.83. The summed E-state index contributed by atoms with van der Waals surface area (Å²) in [6.45, 7) is 3.73. The SMILES string of the molecule is CCc1nc(-c2cc(Cl)c(C3(C)CS(=O)(=O)N(C)C(N)=N3)s2)oc1-c1ccc2scnc2c1. The van der Waals surface area contributed by atoms with E-state index in [-0.39, 0.29) is 11.7 Å². The van der Waals surface area contributed by atoms with Crippen LogP contribution in [0.3, 0.4) is 0 Å². The van der Waals surface area contributed by atoms with Gasteiger partial charge in [-0.1, -0.05) is 18.5 Å². The number of halogens is 1. The molecular weight excluding hydrogens is 502 g/mol. The van der Waals surface area contributed by atoms with E-state index >= 15 is 0 Å². The highest BCUT2D eigenvalue weighted by Gasteiger charge is 2.42. The quantitative estimate of drug-likeness (QED) is 0.416. The van der Waals surface area contributed by atoms with Crippen LogP contribution >= 0.6 is 34.3 Å². The number of thiophene rings is 1. The molecule has 5 rings (SSSR count). The first-order chi connectivity index (χ1) is 15.6. The summed E-state index contributed by atoms with van der Waals surface area (Å²) in [5, 5.41) is 0.399. The number of hydrogen-bond donors (Lipinski definition) is 1.